The molecule has 1 unspecified atom stereocenters. The molecule has 166 valence electrons. The van der Waals surface area contributed by atoms with Crippen LogP contribution in [0.25, 0.3) is 5.52 Å². The Morgan fingerprint density at radius 2 is 2.19 bits per heavy atom. The van der Waals surface area contributed by atoms with Gasteiger partial charge in [-0.3, -0.25) is 4.90 Å². The number of thiophene rings is 1. The van der Waals surface area contributed by atoms with Gasteiger partial charge in [0.05, 0.1) is 28.5 Å². The van der Waals surface area contributed by atoms with Crippen molar-refractivity contribution in [2.75, 3.05) is 19.8 Å². The van der Waals surface area contributed by atoms with E-state index in [1.807, 2.05) is 23.7 Å². The van der Waals surface area contributed by atoms with Gasteiger partial charge in [0.1, 0.15) is 11.1 Å². The topological polar surface area (TPSA) is 62.9 Å². The first-order valence-corrected chi connectivity index (χ1v) is 12.3. The molecule has 0 saturated carbocycles. The summed E-state index contributed by atoms with van der Waals surface area (Å²) in [6, 6.07) is 4.44. The summed E-state index contributed by atoms with van der Waals surface area (Å²) in [5, 5.41) is 14.6. The number of aryl methyl sites for hydroxylation is 1. The number of hydrogen-bond donors (Lipinski definition) is 1. The maximum Gasteiger partial charge on any atom is 0.155 e. The summed E-state index contributed by atoms with van der Waals surface area (Å²) >= 11 is 14.4. The standard InChI is InChI=1S/C22H26Cl2N4O2S/c1-13-10-28-18(21(24)25-13)7-16(26-28)11-27-5-4-22(9-14(27)2)20-17(8-19(23)31-20)15(3-6-29)12-30-22/h7-8,10,14-15,29H,3-6,9,11-12H2,1-2H3/t14-,15?,22+/m0/s1. The number of nitrogens with zero attached hydrogens (tertiary/aromatic N) is 4. The van der Waals surface area contributed by atoms with Gasteiger partial charge in [-0.1, -0.05) is 23.2 Å². The quantitative estimate of drug-likeness (QED) is 0.581. The molecular weight excluding hydrogens is 455 g/mol. The van der Waals surface area contributed by atoms with Crippen LogP contribution < -0.4 is 0 Å². The van der Waals surface area contributed by atoms with Crippen LogP contribution >= 0.6 is 34.5 Å². The van der Waals surface area contributed by atoms with E-state index < -0.39 is 0 Å². The summed E-state index contributed by atoms with van der Waals surface area (Å²) < 4.78 is 9.15. The van der Waals surface area contributed by atoms with Crippen molar-refractivity contribution in [1.29, 1.82) is 0 Å². The summed E-state index contributed by atoms with van der Waals surface area (Å²) in [7, 11) is 0. The summed E-state index contributed by atoms with van der Waals surface area (Å²) in [6.07, 6.45) is 4.45. The van der Waals surface area contributed by atoms with E-state index in [2.05, 4.69) is 22.9 Å². The lowest BCUT2D eigenvalue weighted by atomic mass is 9.79. The maximum absolute atomic E-state index is 9.44. The van der Waals surface area contributed by atoms with E-state index in [-0.39, 0.29) is 18.1 Å². The van der Waals surface area contributed by atoms with Crippen LogP contribution in [0.5, 0.6) is 0 Å². The minimum Gasteiger partial charge on any atom is -0.396 e. The second-order valence-electron chi connectivity index (χ2n) is 8.76. The number of hydrogen-bond acceptors (Lipinski definition) is 6. The van der Waals surface area contributed by atoms with Gasteiger partial charge in [-0.2, -0.15) is 5.10 Å². The van der Waals surface area contributed by atoms with Crippen molar-refractivity contribution in [2.24, 2.45) is 0 Å². The minimum atomic E-state index is -0.279. The molecule has 1 N–H and O–H groups in total. The second kappa shape index (κ2) is 8.28. The molecule has 5 heterocycles. The lowest BCUT2D eigenvalue weighted by Crippen LogP contribution is -2.50. The molecule has 31 heavy (non-hydrogen) atoms. The third kappa shape index (κ3) is 3.90. The number of aromatic nitrogens is 3. The van der Waals surface area contributed by atoms with E-state index in [9.17, 15) is 5.11 Å². The zero-order chi connectivity index (χ0) is 21.8. The molecule has 2 aliphatic rings. The summed E-state index contributed by atoms with van der Waals surface area (Å²) in [4.78, 5) is 8.04. The van der Waals surface area contributed by atoms with Gasteiger partial charge in [-0.15, -0.1) is 11.3 Å². The van der Waals surface area contributed by atoms with Crippen molar-refractivity contribution >= 4 is 40.1 Å². The SMILES string of the molecule is Cc1cn2nc(CN3CC[C@]4(C[C@@H]3C)OCC(CCO)c3cc(Cl)sc34)cc2c(Cl)n1. The van der Waals surface area contributed by atoms with Crippen molar-refractivity contribution in [3.63, 3.8) is 0 Å². The number of aliphatic hydroxyl groups excluding tert-OH is 1. The first kappa shape index (κ1) is 21.6. The molecule has 2 aliphatic heterocycles. The van der Waals surface area contributed by atoms with E-state index in [4.69, 9.17) is 33.0 Å². The molecule has 9 heteroatoms. The molecule has 6 nitrogen and oxygen atoms in total. The van der Waals surface area contributed by atoms with Crippen molar-refractivity contribution in [3.05, 3.63) is 49.6 Å². The fourth-order valence-corrected chi connectivity index (χ4v) is 6.85. The number of ether oxygens (including phenoxy) is 1. The molecule has 0 radical (unpaired) electrons. The van der Waals surface area contributed by atoms with Crippen LogP contribution in [-0.4, -0.2) is 50.4 Å². The third-order valence-corrected chi connectivity index (χ3v) is 8.36. The first-order valence-electron chi connectivity index (χ1n) is 10.7. The molecule has 0 aliphatic carbocycles. The maximum atomic E-state index is 9.44. The van der Waals surface area contributed by atoms with Crippen molar-refractivity contribution in [1.82, 2.24) is 19.5 Å². The third-order valence-electron chi connectivity index (χ3n) is 6.62. The molecule has 5 rings (SSSR count). The van der Waals surface area contributed by atoms with Crippen molar-refractivity contribution in [3.8, 4) is 0 Å². The monoisotopic (exact) mass is 480 g/mol. The van der Waals surface area contributed by atoms with Gasteiger partial charge < -0.3 is 9.84 Å². The van der Waals surface area contributed by atoms with Crippen molar-refractivity contribution in [2.45, 2.75) is 57.2 Å². The molecule has 3 aromatic rings. The van der Waals surface area contributed by atoms with Crippen LogP contribution in [-0.2, 0) is 16.9 Å². The van der Waals surface area contributed by atoms with Gasteiger partial charge in [0.2, 0.25) is 0 Å². The fraction of sp³-hybridized carbons (Fsp3) is 0.545. The first-order chi connectivity index (χ1) is 14.9. The Hall–Kier alpha value is -1.22. The zero-order valence-electron chi connectivity index (χ0n) is 17.6. The summed E-state index contributed by atoms with van der Waals surface area (Å²) in [6.45, 7) is 6.66. The number of piperidine rings is 1. The Bertz CT molecular complexity index is 1120. The molecular formula is C22H26Cl2N4O2S. The Balaban J connectivity index is 1.36. The van der Waals surface area contributed by atoms with Crippen LogP contribution in [0.2, 0.25) is 9.49 Å². The number of rotatable bonds is 4. The van der Waals surface area contributed by atoms with Crippen molar-refractivity contribution < 1.29 is 9.84 Å². The molecule has 0 aromatic carbocycles. The lowest BCUT2D eigenvalue weighted by Gasteiger charge is -2.48. The van der Waals surface area contributed by atoms with Crippen LogP contribution in [0.3, 0.4) is 0 Å². The lowest BCUT2D eigenvalue weighted by molar-refractivity contribution is -0.118. The zero-order valence-corrected chi connectivity index (χ0v) is 20.0. The second-order valence-corrected chi connectivity index (χ2v) is 10.8. The molecule has 3 atom stereocenters. The molecule has 1 fully saturated rings. The number of aliphatic hydroxyl groups is 1. The van der Waals surface area contributed by atoms with Gasteiger partial charge in [0.15, 0.2) is 5.15 Å². The molecule has 0 bridgehead atoms. The minimum absolute atomic E-state index is 0.163. The fourth-order valence-electron chi connectivity index (χ4n) is 5.07. The van der Waals surface area contributed by atoms with E-state index in [0.29, 0.717) is 24.2 Å². The number of halogens is 2. The van der Waals surface area contributed by atoms with Gasteiger partial charge in [-0.05, 0) is 50.8 Å². The molecule has 1 spiro atoms. The van der Waals surface area contributed by atoms with E-state index in [1.54, 1.807) is 11.3 Å². The Morgan fingerprint density at radius 1 is 1.35 bits per heavy atom. The van der Waals surface area contributed by atoms with Gasteiger partial charge in [0.25, 0.3) is 0 Å². The normalized spacial score (nSPS) is 26.6. The average Bonchev–Trinajstić information content (AvgIpc) is 3.30. The highest BCUT2D eigenvalue weighted by molar-refractivity contribution is 7.16. The van der Waals surface area contributed by atoms with Crippen LogP contribution in [0.1, 0.15) is 53.9 Å². The molecule has 1 saturated heterocycles. The van der Waals surface area contributed by atoms with Gasteiger partial charge >= 0.3 is 0 Å². The smallest absolute Gasteiger partial charge is 0.155 e. The Morgan fingerprint density at radius 3 is 2.97 bits per heavy atom. The summed E-state index contributed by atoms with van der Waals surface area (Å²) in [5.74, 6) is 0.225. The molecule has 3 aromatic heterocycles. The largest absolute Gasteiger partial charge is 0.396 e. The molecule has 0 amide bonds. The predicted molar refractivity (Wildman–Crippen MR) is 123 cm³/mol. The highest BCUT2D eigenvalue weighted by Gasteiger charge is 2.46. The van der Waals surface area contributed by atoms with Gasteiger partial charge in [-0.25, -0.2) is 9.50 Å². The van der Waals surface area contributed by atoms with Crippen LogP contribution in [0.4, 0.5) is 0 Å². The van der Waals surface area contributed by atoms with E-state index in [0.717, 1.165) is 47.2 Å². The number of likely N-dealkylation sites (tertiary alicyclic amines) is 1. The Kier molecular flexibility index (Phi) is 5.78. The number of fused-ring (bicyclic) bond motifs is 3. The summed E-state index contributed by atoms with van der Waals surface area (Å²) in [5.41, 5.74) is 3.67. The highest BCUT2D eigenvalue weighted by Crippen LogP contribution is 2.51. The average molecular weight is 481 g/mol. The highest BCUT2D eigenvalue weighted by atomic mass is 35.5. The van der Waals surface area contributed by atoms with Crippen LogP contribution in [0, 0.1) is 6.92 Å². The van der Waals surface area contributed by atoms with Gasteiger partial charge in [0, 0.05) is 36.5 Å². The van der Waals surface area contributed by atoms with Crippen LogP contribution in [0.15, 0.2) is 18.3 Å². The van der Waals surface area contributed by atoms with E-state index >= 15 is 0 Å². The van der Waals surface area contributed by atoms with E-state index in [1.165, 1.54) is 10.4 Å². The Labute approximate surface area is 195 Å². The predicted octanol–water partition coefficient (Wildman–Crippen LogP) is 4.78.